The van der Waals surface area contributed by atoms with E-state index in [2.05, 4.69) is 21.5 Å². The molecular weight excluding hydrogens is 472 g/mol. The van der Waals surface area contributed by atoms with E-state index >= 15 is 0 Å². The van der Waals surface area contributed by atoms with Crippen molar-refractivity contribution in [1.29, 1.82) is 0 Å². The number of phenolic OH excluding ortho intramolecular Hbond substituents is 1. The summed E-state index contributed by atoms with van der Waals surface area (Å²) in [5.41, 5.74) is 5.38. The number of amides is 3. The van der Waals surface area contributed by atoms with Crippen LogP contribution in [0.3, 0.4) is 0 Å². The lowest BCUT2D eigenvalue weighted by molar-refractivity contribution is -0.145. The van der Waals surface area contributed by atoms with Gasteiger partial charge in [-0.1, -0.05) is 19.1 Å². The number of ether oxygens (including phenoxy) is 1. The molecule has 1 aromatic rings. The van der Waals surface area contributed by atoms with Gasteiger partial charge in [-0.3, -0.25) is 35.3 Å². The summed E-state index contributed by atoms with van der Waals surface area (Å²) in [5.74, 6) is -0.418. The number of hydrogen-bond acceptors (Lipinski definition) is 8. The van der Waals surface area contributed by atoms with Gasteiger partial charge in [-0.2, -0.15) is 0 Å². The minimum absolute atomic E-state index is 0.125. The van der Waals surface area contributed by atoms with Crippen molar-refractivity contribution >= 4 is 36.0 Å². The van der Waals surface area contributed by atoms with E-state index in [0.29, 0.717) is 25.0 Å². The molecule has 3 amide bonds. The molecule has 0 radical (unpaired) electrons. The Bertz CT molecular complexity index is 853. The van der Waals surface area contributed by atoms with Crippen molar-refractivity contribution in [3.63, 3.8) is 0 Å². The second-order valence-electron chi connectivity index (χ2n) is 8.86. The molecule has 2 unspecified atom stereocenters. The fourth-order valence-corrected chi connectivity index (χ4v) is 5.22. The predicted octanol–water partition coefficient (Wildman–Crippen LogP) is 1.38. The Morgan fingerprint density at radius 3 is 2.63 bits per heavy atom. The van der Waals surface area contributed by atoms with Crippen molar-refractivity contribution in [3.05, 3.63) is 29.8 Å². The highest BCUT2D eigenvalue weighted by atomic mass is 32.2. The maximum Gasteiger partial charge on any atom is 0.302 e. The van der Waals surface area contributed by atoms with Crippen LogP contribution < -0.4 is 21.5 Å². The fourth-order valence-electron chi connectivity index (χ4n) is 3.95. The Hall–Kier alpha value is -2.79. The summed E-state index contributed by atoms with van der Waals surface area (Å²) in [6.07, 6.45) is 3.62. The van der Waals surface area contributed by atoms with E-state index in [1.165, 1.54) is 6.92 Å². The number of hydrogen-bond donors (Lipinski definition) is 5. The van der Waals surface area contributed by atoms with E-state index in [1.807, 2.05) is 6.92 Å². The monoisotopic (exact) mass is 508 g/mol. The van der Waals surface area contributed by atoms with Crippen LogP contribution in [0.5, 0.6) is 5.75 Å². The third-order valence-electron chi connectivity index (χ3n) is 5.72. The average molecular weight is 509 g/mol. The molecule has 0 aromatic heterocycles. The van der Waals surface area contributed by atoms with Gasteiger partial charge in [-0.15, -0.1) is 11.8 Å². The summed E-state index contributed by atoms with van der Waals surface area (Å²) >= 11 is 1.69. The minimum Gasteiger partial charge on any atom is -0.508 e. The molecule has 194 valence electrons. The molecule has 1 aliphatic rings. The van der Waals surface area contributed by atoms with Crippen LogP contribution in [0.4, 0.5) is 0 Å². The molecule has 5 N–H and O–H groups in total. The summed E-state index contributed by atoms with van der Waals surface area (Å²) in [4.78, 5) is 46.7. The SMILES string of the molecule is CC(=O)O[C@H](C)CCCC1NC(C(=O)N[C@@H](Cc2ccc(O)cc2)C[C@H](C)C(=O)NNC=O)CS1. The number of rotatable bonds is 14. The maximum absolute atomic E-state index is 13.0. The van der Waals surface area contributed by atoms with Gasteiger partial charge < -0.3 is 15.2 Å². The first-order valence-corrected chi connectivity index (χ1v) is 12.8. The van der Waals surface area contributed by atoms with Crippen LogP contribution in [-0.4, -0.2) is 58.6 Å². The zero-order valence-electron chi connectivity index (χ0n) is 20.4. The lowest BCUT2D eigenvalue weighted by Crippen LogP contribution is -2.49. The molecule has 11 heteroatoms. The normalized spacial score (nSPS) is 19.7. The molecular formula is C24H36N4O6S. The molecule has 5 atom stereocenters. The minimum atomic E-state index is -0.456. The number of carbonyl (C=O) groups excluding carboxylic acids is 4. The van der Waals surface area contributed by atoms with Gasteiger partial charge in [0.05, 0.1) is 17.5 Å². The van der Waals surface area contributed by atoms with Crippen LogP contribution >= 0.6 is 11.8 Å². The molecule has 0 spiro atoms. The van der Waals surface area contributed by atoms with Gasteiger partial charge in [0, 0.05) is 24.6 Å². The molecule has 1 aliphatic heterocycles. The number of esters is 1. The van der Waals surface area contributed by atoms with Crippen LogP contribution in [0, 0.1) is 5.92 Å². The Morgan fingerprint density at radius 2 is 1.97 bits per heavy atom. The van der Waals surface area contributed by atoms with Gasteiger partial charge >= 0.3 is 5.97 Å². The molecule has 1 heterocycles. The van der Waals surface area contributed by atoms with Crippen molar-refractivity contribution in [3.8, 4) is 5.75 Å². The van der Waals surface area contributed by atoms with Crippen LogP contribution in [0.2, 0.25) is 0 Å². The molecule has 2 rings (SSSR count). The molecule has 1 fully saturated rings. The van der Waals surface area contributed by atoms with E-state index in [9.17, 15) is 24.3 Å². The zero-order valence-corrected chi connectivity index (χ0v) is 21.2. The lowest BCUT2D eigenvalue weighted by Gasteiger charge is -2.24. The number of benzene rings is 1. The summed E-state index contributed by atoms with van der Waals surface area (Å²) in [6, 6.07) is 6.06. The van der Waals surface area contributed by atoms with Gasteiger partial charge in [0.2, 0.25) is 18.2 Å². The summed E-state index contributed by atoms with van der Waals surface area (Å²) in [5, 5.41) is 16.1. The van der Waals surface area contributed by atoms with Crippen LogP contribution in [0.15, 0.2) is 24.3 Å². The van der Waals surface area contributed by atoms with Crippen molar-refractivity contribution in [2.75, 3.05) is 5.75 Å². The van der Waals surface area contributed by atoms with Gasteiger partial charge in [0.15, 0.2) is 0 Å². The standard InChI is InChI=1S/C24H36N4O6S/c1-15(23(32)28-25-14-29)11-19(12-18-7-9-20(31)10-8-18)26-24(33)21-13-35-22(27-21)6-4-5-16(2)34-17(3)30/h7-10,14-16,19,21-22,27,31H,4-6,11-13H2,1-3H3,(H,25,29)(H,26,33)(H,28,32)/t15-,16+,19+,21?,22?/m0/s1. The fraction of sp³-hybridized carbons (Fsp3) is 0.583. The number of nitrogens with one attached hydrogen (secondary N) is 4. The second kappa shape index (κ2) is 14.6. The number of phenols is 1. The first-order chi connectivity index (χ1) is 16.7. The van der Waals surface area contributed by atoms with Crippen LogP contribution in [0.1, 0.15) is 52.0 Å². The Kier molecular flexibility index (Phi) is 11.8. The second-order valence-corrected chi connectivity index (χ2v) is 10.1. The topological polar surface area (TPSA) is 146 Å². The molecule has 0 bridgehead atoms. The van der Waals surface area contributed by atoms with Gasteiger partial charge in [0.25, 0.3) is 0 Å². The largest absolute Gasteiger partial charge is 0.508 e. The Morgan fingerprint density at radius 1 is 1.26 bits per heavy atom. The van der Waals surface area contributed by atoms with E-state index in [-0.39, 0.29) is 47.1 Å². The quantitative estimate of drug-likeness (QED) is 0.144. The molecule has 0 saturated carbocycles. The maximum atomic E-state index is 13.0. The molecule has 1 aromatic carbocycles. The molecule has 1 saturated heterocycles. The van der Waals surface area contributed by atoms with E-state index in [0.717, 1.165) is 24.8 Å². The average Bonchev–Trinajstić information content (AvgIpc) is 3.27. The van der Waals surface area contributed by atoms with E-state index in [1.54, 1.807) is 43.0 Å². The first-order valence-electron chi connectivity index (χ1n) is 11.8. The van der Waals surface area contributed by atoms with Crippen LogP contribution in [0.25, 0.3) is 0 Å². The Labute approximate surface area is 210 Å². The smallest absolute Gasteiger partial charge is 0.302 e. The van der Waals surface area contributed by atoms with E-state index < -0.39 is 5.92 Å². The van der Waals surface area contributed by atoms with Crippen molar-refractivity contribution in [1.82, 2.24) is 21.5 Å². The van der Waals surface area contributed by atoms with Crippen molar-refractivity contribution in [2.45, 2.75) is 76.4 Å². The number of aromatic hydroxyl groups is 1. The number of hydrazine groups is 1. The van der Waals surface area contributed by atoms with Crippen molar-refractivity contribution < 1.29 is 29.0 Å². The highest BCUT2D eigenvalue weighted by Gasteiger charge is 2.31. The van der Waals surface area contributed by atoms with Crippen LogP contribution in [-0.2, 0) is 30.3 Å². The van der Waals surface area contributed by atoms with Crippen molar-refractivity contribution in [2.24, 2.45) is 5.92 Å². The molecule has 0 aliphatic carbocycles. The molecule has 35 heavy (non-hydrogen) atoms. The highest BCUT2D eigenvalue weighted by Crippen LogP contribution is 2.24. The predicted molar refractivity (Wildman–Crippen MR) is 133 cm³/mol. The zero-order chi connectivity index (χ0) is 25.8. The van der Waals surface area contributed by atoms with Gasteiger partial charge in [0.1, 0.15) is 5.75 Å². The summed E-state index contributed by atoms with van der Waals surface area (Å²) in [7, 11) is 0. The third-order valence-corrected chi connectivity index (χ3v) is 7.02. The summed E-state index contributed by atoms with van der Waals surface area (Å²) < 4.78 is 5.15. The van der Waals surface area contributed by atoms with E-state index in [4.69, 9.17) is 4.74 Å². The lowest BCUT2D eigenvalue weighted by atomic mass is 9.95. The number of carbonyl (C=O) groups is 4. The van der Waals surface area contributed by atoms with Gasteiger partial charge in [-0.05, 0) is 56.7 Å². The summed E-state index contributed by atoms with van der Waals surface area (Å²) in [6.45, 7) is 5.00. The highest BCUT2D eigenvalue weighted by molar-refractivity contribution is 8.00. The Balaban J connectivity index is 1.90. The first kappa shape index (κ1) is 28.4. The molecule has 10 nitrogen and oxygen atoms in total. The third kappa shape index (κ3) is 10.6. The number of thioether (sulfide) groups is 1. The van der Waals surface area contributed by atoms with Gasteiger partial charge in [-0.25, -0.2) is 0 Å².